The van der Waals surface area contributed by atoms with Crippen molar-refractivity contribution < 1.29 is 18.8 Å². The number of ether oxygens (including phenoxy) is 2. The van der Waals surface area contributed by atoms with Gasteiger partial charge in [-0.3, -0.25) is 4.79 Å². The van der Waals surface area contributed by atoms with E-state index in [0.717, 1.165) is 37.1 Å². The minimum atomic E-state index is -0.0716. The summed E-state index contributed by atoms with van der Waals surface area (Å²) in [5, 5.41) is 7.05. The number of aromatic nitrogens is 2. The minimum Gasteiger partial charge on any atom is -0.497 e. The van der Waals surface area contributed by atoms with Crippen molar-refractivity contribution in [2.75, 3.05) is 45.4 Å². The first-order valence-electron chi connectivity index (χ1n) is 9.21. The Morgan fingerprint density at radius 3 is 2.89 bits per heavy atom. The van der Waals surface area contributed by atoms with Crippen LogP contribution in [0.3, 0.4) is 0 Å². The molecule has 0 bridgehead atoms. The number of hydrogen-bond acceptors (Lipinski definition) is 7. The second kappa shape index (κ2) is 9.36. The molecule has 1 N–H and O–H groups in total. The number of rotatable bonds is 8. The van der Waals surface area contributed by atoms with Crippen molar-refractivity contribution in [3.8, 4) is 17.1 Å². The Bertz CT molecular complexity index is 732. The molecule has 1 atom stereocenters. The van der Waals surface area contributed by atoms with E-state index in [0.29, 0.717) is 31.5 Å². The highest BCUT2D eigenvalue weighted by Gasteiger charge is 2.28. The maximum absolute atomic E-state index is 12.4. The van der Waals surface area contributed by atoms with E-state index in [9.17, 15) is 4.79 Å². The van der Waals surface area contributed by atoms with Gasteiger partial charge < -0.3 is 24.2 Å². The molecule has 8 heteroatoms. The number of nitrogens with zero attached hydrogens (tertiary/aromatic N) is 3. The van der Waals surface area contributed by atoms with Crippen LogP contribution in [0.4, 0.5) is 6.01 Å². The van der Waals surface area contributed by atoms with Crippen LogP contribution in [0, 0.1) is 5.92 Å². The van der Waals surface area contributed by atoms with E-state index in [2.05, 4.69) is 15.5 Å². The third kappa shape index (κ3) is 4.97. The lowest BCUT2D eigenvalue weighted by atomic mass is 9.97. The fourth-order valence-corrected chi connectivity index (χ4v) is 3.14. The topological polar surface area (TPSA) is 89.7 Å². The number of anilines is 1. The van der Waals surface area contributed by atoms with Crippen LogP contribution in [0.1, 0.15) is 19.3 Å². The first-order chi connectivity index (χ1) is 13.2. The van der Waals surface area contributed by atoms with Crippen LogP contribution in [0.2, 0.25) is 0 Å². The third-order valence-electron chi connectivity index (χ3n) is 4.65. The van der Waals surface area contributed by atoms with Gasteiger partial charge in [0.2, 0.25) is 11.7 Å². The summed E-state index contributed by atoms with van der Waals surface area (Å²) in [7, 11) is 3.29. The maximum atomic E-state index is 12.4. The Labute approximate surface area is 158 Å². The van der Waals surface area contributed by atoms with Crippen LogP contribution in [0.15, 0.2) is 28.8 Å². The van der Waals surface area contributed by atoms with Gasteiger partial charge in [0.15, 0.2) is 0 Å². The molecule has 27 heavy (non-hydrogen) atoms. The highest BCUT2D eigenvalue weighted by atomic mass is 16.5. The van der Waals surface area contributed by atoms with E-state index in [1.807, 2.05) is 29.2 Å². The lowest BCUT2D eigenvalue weighted by Crippen LogP contribution is -2.43. The summed E-state index contributed by atoms with van der Waals surface area (Å²) >= 11 is 0. The number of benzene rings is 1. The summed E-state index contributed by atoms with van der Waals surface area (Å²) in [6.45, 7) is 2.66. The molecule has 146 valence electrons. The summed E-state index contributed by atoms with van der Waals surface area (Å²) in [6.07, 6.45) is 2.59. The highest BCUT2D eigenvalue weighted by Crippen LogP contribution is 2.25. The van der Waals surface area contributed by atoms with Gasteiger partial charge in [-0.2, -0.15) is 4.98 Å². The van der Waals surface area contributed by atoms with E-state index in [-0.39, 0.29) is 11.8 Å². The van der Waals surface area contributed by atoms with Crippen molar-refractivity contribution in [3.05, 3.63) is 24.3 Å². The molecule has 0 spiro atoms. The van der Waals surface area contributed by atoms with Crippen molar-refractivity contribution in [3.63, 3.8) is 0 Å². The number of amides is 1. The molecule has 1 aromatic heterocycles. The Morgan fingerprint density at radius 1 is 1.33 bits per heavy atom. The zero-order valence-corrected chi connectivity index (χ0v) is 15.8. The first kappa shape index (κ1) is 19.2. The van der Waals surface area contributed by atoms with Crippen LogP contribution in [0.5, 0.6) is 5.75 Å². The second-order valence-electron chi connectivity index (χ2n) is 6.55. The summed E-state index contributed by atoms with van der Waals surface area (Å²) < 4.78 is 15.6. The van der Waals surface area contributed by atoms with Gasteiger partial charge in [0, 0.05) is 38.9 Å². The summed E-state index contributed by atoms with van der Waals surface area (Å²) in [5.41, 5.74) is 0.857. The minimum absolute atomic E-state index is 0.0716. The lowest BCUT2D eigenvalue weighted by molar-refractivity contribution is -0.125. The van der Waals surface area contributed by atoms with E-state index >= 15 is 0 Å². The van der Waals surface area contributed by atoms with Crippen molar-refractivity contribution in [2.24, 2.45) is 5.92 Å². The molecule has 0 radical (unpaired) electrons. The van der Waals surface area contributed by atoms with E-state index in [1.54, 1.807) is 14.2 Å². The monoisotopic (exact) mass is 374 g/mol. The molecule has 1 amide bonds. The highest BCUT2D eigenvalue weighted by molar-refractivity contribution is 5.79. The SMILES string of the molecule is COCCCNC(=O)[C@@H]1CCCN(c2nc(-c3ccc(OC)cc3)no2)C1. The molecule has 2 aromatic rings. The molecule has 1 aromatic carbocycles. The molecule has 0 unspecified atom stereocenters. The molecule has 1 aliphatic rings. The van der Waals surface area contributed by atoms with Gasteiger partial charge in [-0.1, -0.05) is 5.16 Å². The fraction of sp³-hybridized carbons (Fsp3) is 0.526. The number of hydrogen-bond donors (Lipinski definition) is 1. The molecule has 1 saturated heterocycles. The van der Waals surface area contributed by atoms with Gasteiger partial charge in [-0.25, -0.2) is 0 Å². The van der Waals surface area contributed by atoms with E-state index < -0.39 is 0 Å². The van der Waals surface area contributed by atoms with Crippen molar-refractivity contribution in [1.82, 2.24) is 15.5 Å². The van der Waals surface area contributed by atoms with Crippen molar-refractivity contribution in [2.45, 2.75) is 19.3 Å². The van der Waals surface area contributed by atoms with E-state index in [4.69, 9.17) is 14.0 Å². The maximum Gasteiger partial charge on any atom is 0.324 e. The quantitative estimate of drug-likeness (QED) is 0.708. The van der Waals surface area contributed by atoms with Gasteiger partial charge in [0.1, 0.15) is 5.75 Å². The molecular weight excluding hydrogens is 348 g/mol. The Morgan fingerprint density at radius 2 is 2.15 bits per heavy atom. The molecule has 2 heterocycles. The van der Waals surface area contributed by atoms with Gasteiger partial charge in [-0.15, -0.1) is 0 Å². The van der Waals surface area contributed by atoms with Gasteiger partial charge in [-0.05, 0) is 43.5 Å². The summed E-state index contributed by atoms with van der Waals surface area (Å²) in [6, 6.07) is 7.95. The van der Waals surface area contributed by atoms with Crippen LogP contribution in [-0.2, 0) is 9.53 Å². The Balaban J connectivity index is 1.59. The number of nitrogens with one attached hydrogen (secondary N) is 1. The predicted molar refractivity (Wildman–Crippen MR) is 101 cm³/mol. The summed E-state index contributed by atoms with van der Waals surface area (Å²) in [4.78, 5) is 18.9. The number of carbonyl (C=O) groups excluding carboxylic acids is 1. The second-order valence-corrected chi connectivity index (χ2v) is 6.55. The molecule has 1 aliphatic heterocycles. The van der Waals surface area contributed by atoms with Gasteiger partial charge in [0.25, 0.3) is 0 Å². The molecule has 1 fully saturated rings. The Kier molecular flexibility index (Phi) is 6.64. The van der Waals surface area contributed by atoms with Crippen LogP contribution in [-0.4, -0.2) is 56.5 Å². The molecule has 8 nitrogen and oxygen atoms in total. The first-order valence-corrected chi connectivity index (χ1v) is 9.21. The lowest BCUT2D eigenvalue weighted by Gasteiger charge is -2.30. The average Bonchev–Trinajstić information content (AvgIpc) is 3.21. The average molecular weight is 374 g/mol. The molecular formula is C19H26N4O4. The number of carbonyl (C=O) groups is 1. The van der Waals surface area contributed by atoms with Gasteiger partial charge >= 0.3 is 6.01 Å². The smallest absolute Gasteiger partial charge is 0.324 e. The summed E-state index contributed by atoms with van der Waals surface area (Å²) in [5.74, 6) is 1.31. The molecule has 0 saturated carbocycles. The zero-order chi connectivity index (χ0) is 19.1. The standard InChI is InChI=1S/C19H26N4O4/c1-25-12-4-10-20-18(24)15-5-3-11-23(13-15)19-21-17(22-27-19)14-6-8-16(26-2)9-7-14/h6-9,15H,3-5,10-13H2,1-2H3,(H,20,24)/t15-/m1/s1. The van der Waals surface area contributed by atoms with Crippen LogP contribution < -0.4 is 15.0 Å². The van der Waals surface area contributed by atoms with Crippen molar-refractivity contribution in [1.29, 1.82) is 0 Å². The number of methoxy groups -OCH3 is 2. The van der Waals surface area contributed by atoms with Crippen LogP contribution >= 0.6 is 0 Å². The fourth-order valence-electron chi connectivity index (χ4n) is 3.14. The Hall–Kier alpha value is -2.61. The van der Waals surface area contributed by atoms with E-state index in [1.165, 1.54) is 0 Å². The normalized spacial score (nSPS) is 17.0. The van der Waals surface area contributed by atoms with Crippen molar-refractivity contribution >= 4 is 11.9 Å². The zero-order valence-electron chi connectivity index (χ0n) is 15.8. The molecule has 3 rings (SSSR count). The van der Waals surface area contributed by atoms with Crippen LogP contribution in [0.25, 0.3) is 11.4 Å². The predicted octanol–water partition coefficient (Wildman–Crippen LogP) is 2.11. The number of piperidine rings is 1. The largest absolute Gasteiger partial charge is 0.497 e. The molecule has 0 aliphatic carbocycles. The third-order valence-corrected chi connectivity index (χ3v) is 4.65. The van der Waals surface area contributed by atoms with Gasteiger partial charge in [0.05, 0.1) is 13.0 Å².